The Morgan fingerprint density at radius 1 is 1.38 bits per heavy atom. The fourth-order valence-electron chi connectivity index (χ4n) is 3.44. The third-order valence-electron chi connectivity index (χ3n) is 5.14. The highest BCUT2D eigenvalue weighted by Crippen LogP contribution is 2.32. The van der Waals surface area contributed by atoms with Crippen LogP contribution in [0.1, 0.15) is 26.2 Å². The summed E-state index contributed by atoms with van der Waals surface area (Å²) in [6.45, 7) is 5.37. The van der Waals surface area contributed by atoms with E-state index >= 15 is 0 Å². The van der Waals surface area contributed by atoms with E-state index in [4.69, 9.17) is 0 Å². The normalized spacial score (nSPS) is 23.3. The first kappa shape index (κ1) is 17.4. The van der Waals surface area contributed by atoms with Crippen molar-refractivity contribution in [3.05, 3.63) is 28.7 Å². The second-order valence-corrected chi connectivity index (χ2v) is 7.99. The number of nitrogens with zero attached hydrogens (tertiary/aromatic N) is 1. The summed E-state index contributed by atoms with van der Waals surface area (Å²) in [5.41, 5.74) is 0.995. The van der Waals surface area contributed by atoms with E-state index < -0.39 is 0 Å². The van der Waals surface area contributed by atoms with Crippen LogP contribution in [0.4, 0.5) is 5.69 Å². The van der Waals surface area contributed by atoms with Crippen LogP contribution in [0.5, 0.6) is 0 Å². The third-order valence-corrected chi connectivity index (χ3v) is 5.81. The van der Waals surface area contributed by atoms with E-state index in [9.17, 15) is 9.59 Å². The molecule has 2 heterocycles. The highest BCUT2D eigenvalue weighted by Gasteiger charge is 2.36. The Balaban J connectivity index is 1.59. The summed E-state index contributed by atoms with van der Waals surface area (Å²) in [5, 5.41) is 6.43. The van der Waals surface area contributed by atoms with E-state index in [1.807, 2.05) is 24.3 Å². The molecule has 2 aliphatic rings. The molecule has 0 saturated carbocycles. The number of benzene rings is 1. The molecule has 1 atom stereocenters. The molecule has 3 rings (SSSR count). The Labute approximate surface area is 151 Å². The summed E-state index contributed by atoms with van der Waals surface area (Å²) in [7, 11) is 0. The molecule has 0 spiro atoms. The van der Waals surface area contributed by atoms with Crippen molar-refractivity contribution in [2.24, 2.45) is 11.3 Å². The molecular formula is C18H24BrN3O2. The first-order valence-electron chi connectivity index (χ1n) is 8.52. The van der Waals surface area contributed by atoms with E-state index in [1.54, 1.807) is 4.90 Å². The van der Waals surface area contributed by atoms with Crippen molar-refractivity contribution in [1.29, 1.82) is 0 Å². The van der Waals surface area contributed by atoms with E-state index in [2.05, 4.69) is 33.5 Å². The van der Waals surface area contributed by atoms with Crippen LogP contribution < -0.4 is 15.5 Å². The number of hydrogen-bond donors (Lipinski definition) is 2. The molecule has 1 unspecified atom stereocenters. The number of anilines is 1. The van der Waals surface area contributed by atoms with Crippen LogP contribution in [0.15, 0.2) is 28.7 Å². The Bertz CT molecular complexity index is 628. The number of carbonyl (C=O) groups excluding carboxylic acids is 2. The van der Waals surface area contributed by atoms with Gasteiger partial charge < -0.3 is 15.5 Å². The number of halogens is 1. The summed E-state index contributed by atoms with van der Waals surface area (Å²) in [4.78, 5) is 26.6. The molecule has 6 heteroatoms. The molecule has 1 aromatic rings. The van der Waals surface area contributed by atoms with Crippen LogP contribution in [0.3, 0.4) is 0 Å². The Morgan fingerprint density at radius 3 is 2.79 bits per heavy atom. The summed E-state index contributed by atoms with van der Waals surface area (Å²) < 4.78 is 0.877. The van der Waals surface area contributed by atoms with Gasteiger partial charge in [0.2, 0.25) is 11.8 Å². The van der Waals surface area contributed by atoms with Crippen molar-refractivity contribution >= 4 is 33.4 Å². The van der Waals surface area contributed by atoms with Gasteiger partial charge in [0.05, 0.1) is 11.6 Å². The number of carbonyl (C=O) groups is 2. The van der Waals surface area contributed by atoms with E-state index in [0.29, 0.717) is 13.1 Å². The zero-order chi connectivity index (χ0) is 17.2. The Morgan fingerprint density at radius 2 is 2.08 bits per heavy atom. The SMILES string of the molecule is CC1(CNC(=O)C2CC(=O)N(c3ccccc3Br)C2)CCNCC1. The van der Waals surface area contributed by atoms with Gasteiger partial charge in [-0.25, -0.2) is 0 Å². The first-order valence-corrected chi connectivity index (χ1v) is 9.31. The van der Waals surface area contributed by atoms with Gasteiger partial charge in [-0.15, -0.1) is 0 Å². The lowest BCUT2D eigenvalue weighted by Gasteiger charge is -2.34. The maximum Gasteiger partial charge on any atom is 0.227 e. The largest absolute Gasteiger partial charge is 0.355 e. The highest BCUT2D eigenvalue weighted by atomic mass is 79.9. The monoisotopic (exact) mass is 393 g/mol. The highest BCUT2D eigenvalue weighted by molar-refractivity contribution is 9.10. The van der Waals surface area contributed by atoms with Gasteiger partial charge in [0.25, 0.3) is 0 Å². The van der Waals surface area contributed by atoms with Crippen molar-refractivity contribution < 1.29 is 9.59 Å². The maximum absolute atomic E-state index is 12.5. The number of hydrogen-bond acceptors (Lipinski definition) is 3. The lowest BCUT2D eigenvalue weighted by atomic mass is 9.81. The van der Waals surface area contributed by atoms with Gasteiger partial charge in [0.1, 0.15) is 0 Å². The molecule has 1 aromatic carbocycles. The van der Waals surface area contributed by atoms with Gasteiger partial charge in [0, 0.05) is 24.0 Å². The second kappa shape index (κ2) is 7.23. The molecular weight excluding hydrogens is 370 g/mol. The molecule has 2 N–H and O–H groups in total. The van der Waals surface area contributed by atoms with Gasteiger partial charge in [0.15, 0.2) is 0 Å². The van der Waals surface area contributed by atoms with Crippen LogP contribution in [-0.2, 0) is 9.59 Å². The number of piperidine rings is 1. The molecule has 0 aromatic heterocycles. The second-order valence-electron chi connectivity index (χ2n) is 7.14. The Kier molecular flexibility index (Phi) is 5.25. The summed E-state index contributed by atoms with van der Waals surface area (Å²) in [6.07, 6.45) is 2.42. The van der Waals surface area contributed by atoms with Crippen LogP contribution in [0.2, 0.25) is 0 Å². The quantitative estimate of drug-likeness (QED) is 0.824. The van der Waals surface area contributed by atoms with Crippen molar-refractivity contribution in [1.82, 2.24) is 10.6 Å². The predicted octanol–water partition coefficient (Wildman–Crippen LogP) is 2.31. The zero-order valence-electron chi connectivity index (χ0n) is 14.0. The van der Waals surface area contributed by atoms with Gasteiger partial charge in [-0.05, 0) is 59.4 Å². The van der Waals surface area contributed by atoms with Crippen LogP contribution in [-0.4, -0.2) is 38.0 Å². The van der Waals surface area contributed by atoms with E-state index in [0.717, 1.165) is 36.1 Å². The molecule has 2 fully saturated rings. The molecule has 2 amide bonds. The number of para-hydroxylation sites is 1. The topological polar surface area (TPSA) is 61.4 Å². The fraction of sp³-hybridized carbons (Fsp3) is 0.556. The minimum Gasteiger partial charge on any atom is -0.355 e. The molecule has 0 radical (unpaired) electrons. The lowest BCUT2D eigenvalue weighted by Crippen LogP contribution is -2.44. The molecule has 2 aliphatic heterocycles. The van der Waals surface area contributed by atoms with Gasteiger partial charge >= 0.3 is 0 Å². The fourth-order valence-corrected chi connectivity index (χ4v) is 3.94. The first-order chi connectivity index (χ1) is 11.5. The smallest absolute Gasteiger partial charge is 0.227 e. The van der Waals surface area contributed by atoms with Gasteiger partial charge in [-0.2, -0.15) is 0 Å². The van der Waals surface area contributed by atoms with Crippen LogP contribution in [0, 0.1) is 11.3 Å². The van der Waals surface area contributed by atoms with Crippen molar-refractivity contribution in [3.8, 4) is 0 Å². The van der Waals surface area contributed by atoms with E-state index in [1.165, 1.54) is 0 Å². The third kappa shape index (κ3) is 3.81. The minimum absolute atomic E-state index is 0.00217. The number of amides is 2. The maximum atomic E-state index is 12.5. The van der Waals surface area contributed by atoms with Crippen molar-refractivity contribution in [2.75, 3.05) is 31.1 Å². The van der Waals surface area contributed by atoms with Crippen LogP contribution in [0.25, 0.3) is 0 Å². The van der Waals surface area contributed by atoms with E-state index in [-0.39, 0.29) is 29.6 Å². The number of nitrogens with one attached hydrogen (secondary N) is 2. The molecule has 0 aliphatic carbocycles. The summed E-state index contributed by atoms with van der Waals surface area (Å²) in [6, 6.07) is 7.63. The van der Waals surface area contributed by atoms with Crippen molar-refractivity contribution in [3.63, 3.8) is 0 Å². The number of rotatable bonds is 4. The minimum atomic E-state index is -0.269. The summed E-state index contributed by atoms with van der Waals surface area (Å²) >= 11 is 3.48. The predicted molar refractivity (Wildman–Crippen MR) is 97.8 cm³/mol. The summed E-state index contributed by atoms with van der Waals surface area (Å²) in [5.74, 6) is -0.261. The van der Waals surface area contributed by atoms with Crippen LogP contribution >= 0.6 is 15.9 Å². The molecule has 0 bridgehead atoms. The molecule has 24 heavy (non-hydrogen) atoms. The van der Waals surface area contributed by atoms with Crippen molar-refractivity contribution in [2.45, 2.75) is 26.2 Å². The van der Waals surface area contributed by atoms with Gasteiger partial charge in [-0.3, -0.25) is 9.59 Å². The molecule has 130 valence electrons. The molecule has 5 nitrogen and oxygen atoms in total. The zero-order valence-corrected chi connectivity index (χ0v) is 15.6. The standard InChI is InChI=1S/C18H24BrN3O2/c1-18(6-8-20-9-7-18)12-21-17(24)13-10-16(23)22(11-13)15-5-3-2-4-14(15)19/h2-5,13,20H,6-12H2,1H3,(H,21,24). The average molecular weight is 394 g/mol. The van der Waals surface area contributed by atoms with Gasteiger partial charge in [-0.1, -0.05) is 19.1 Å². The lowest BCUT2D eigenvalue weighted by molar-refractivity contribution is -0.126. The Hall–Kier alpha value is -1.40. The average Bonchev–Trinajstić information content (AvgIpc) is 2.96. The molecule has 2 saturated heterocycles.